The molecule has 2 amide bonds. The highest BCUT2D eigenvalue weighted by Crippen LogP contribution is 2.47. The van der Waals surface area contributed by atoms with Crippen molar-refractivity contribution in [1.82, 2.24) is 9.80 Å². The Hall–Kier alpha value is -2.09. The van der Waals surface area contributed by atoms with Crippen LogP contribution >= 0.6 is 0 Å². The third-order valence-corrected chi connectivity index (χ3v) is 6.92. The lowest BCUT2D eigenvalue weighted by Crippen LogP contribution is -2.56. The zero-order valence-electron chi connectivity index (χ0n) is 17.3. The normalized spacial score (nSPS) is 23.5. The zero-order chi connectivity index (χ0) is 21.5. The number of hydrogen-bond acceptors (Lipinski definition) is 4. The van der Waals surface area contributed by atoms with Crippen LogP contribution in [0.1, 0.15) is 45.4 Å². The SMILES string of the molecule is CC(CN1CCN(c2cc(F)c(F)cc2F)CC1)N1C(=O)CC2(CCCC2)CC1=O. The van der Waals surface area contributed by atoms with Gasteiger partial charge in [0, 0.05) is 63.7 Å². The molecule has 1 spiro atoms. The van der Waals surface area contributed by atoms with Crippen LogP contribution in [0.3, 0.4) is 0 Å². The van der Waals surface area contributed by atoms with E-state index in [1.807, 2.05) is 6.92 Å². The van der Waals surface area contributed by atoms with Gasteiger partial charge in [-0.2, -0.15) is 0 Å². The smallest absolute Gasteiger partial charge is 0.230 e. The van der Waals surface area contributed by atoms with Crippen LogP contribution < -0.4 is 4.90 Å². The van der Waals surface area contributed by atoms with Gasteiger partial charge in [0.1, 0.15) is 5.82 Å². The predicted molar refractivity (Wildman–Crippen MR) is 106 cm³/mol. The molecule has 0 radical (unpaired) electrons. The maximum atomic E-state index is 14.0. The van der Waals surface area contributed by atoms with E-state index in [1.54, 1.807) is 4.90 Å². The van der Waals surface area contributed by atoms with E-state index in [0.29, 0.717) is 51.6 Å². The lowest BCUT2D eigenvalue weighted by atomic mass is 9.76. The maximum Gasteiger partial charge on any atom is 0.230 e. The summed E-state index contributed by atoms with van der Waals surface area (Å²) in [5, 5.41) is 0. The number of carbonyl (C=O) groups is 2. The molecule has 0 N–H and O–H groups in total. The zero-order valence-corrected chi connectivity index (χ0v) is 17.3. The molecule has 0 bridgehead atoms. The molecular formula is C22H28F3N3O2. The molecule has 4 rings (SSSR count). The van der Waals surface area contributed by atoms with Crippen molar-refractivity contribution in [3.63, 3.8) is 0 Å². The number of nitrogens with zero attached hydrogens (tertiary/aromatic N) is 3. The average Bonchev–Trinajstić information content (AvgIpc) is 3.12. The van der Waals surface area contributed by atoms with Gasteiger partial charge in [0.05, 0.1) is 5.69 Å². The molecule has 3 fully saturated rings. The molecular weight excluding hydrogens is 395 g/mol. The summed E-state index contributed by atoms with van der Waals surface area (Å²) in [6, 6.07) is 1.24. The molecule has 5 nitrogen and oxygen atoms in total. The monoisotopic (exact) mass is 423 g/mol. The number of imide groups is 1. The van der Waals surface area contributed by atoms with Crippen LogP contribution in [-0.4, -0.2) is 60.4 Å². The second kappa shape index (κ2) is 8.21. The Bertz CT molecular complexity index is 813. The van der Waals surface area contributed by atoms with E-state index in [4.69, 9.17) is 0 Å². The van der Waals surface area contributed by atoms with E-state index in [-0.39, 0.29) is 29.0 Å². The van der Waals surface area contributed by atoms with Crippen LogP contribution in [0.2, 0.25) is 0 Å². The van der Waals surface area contributed by atoms with E-state index in [0.717, 1.165) is 31.7 Å². The summed E-state index contributed by atoms with van der Waals surface area (Å²) < 4.78 is 40.7. The summed E-state index contributed by atoms with van der Waals surface area (Å²) in [7, 11) is 0. The van der Waals surface area contributed by atoms with Gasteiger partial charge < -0.3 is 4.90 Å². The predicted octanol–water partition coefficient (Wildman–Crippen LogP) is 3.32. The minimum absolute atomic E-state index is 0.0600. The van der Waals surface area contributed by atoms with Crippen molar-refractivity contribution in [2.75, 3.05) is 37.6 Å². The largest absolute Gasteiger partial charge is 0.367 e. The van der Waals surface area contributed by atoms with Crippen LogP contribution in [0.15, 0.2) is 12.1 Å². The summed E-state index contributed by atoms with van der Waals surface area (Å²) in [4.78, 5) is 30.8. The highest BCUT2D eigenvalue weighted by molar-refractivity contribution is 5.99. The Kier molecular flexibility index (Phi) is 5.79. The van der Waals surface area contributed by atoms with Gasteiger partial charge in [-0.3, -0.25) is 19.4 Å². The number of benzene rings is 1. The first-order valence-corrected chi connectivity index (χ1v) is 10.7. The number of halogens is 3. The van der Waals surface area contributed by atoms with Gasteiger partial charge in [-0.15, -0.1) is 0 Å². The first-order valence-electron chi connectivity index (χ1n) is 10.7. The molecule has 8 heteroatoms. The van der Waals surface area contributed by atoms with Gasteiger partial charge in [0.2, 0.25) is 11.8 Å². The fraction of sp³-hybridized carbons (Fsp3) is 0.636. The lowest BCUT2D eigenvalue weighted by molar-refractivity contribution is -0.156. The summed E-state index contributed by atoms with van der Waals surface area (Å²) in [6.07, 6.45) is 5.06. The third-order valence-electron chi connectivity index (χ3n) is 6.92. The first-order chi connectivity index (χ1) is 14.3. The molecule has 1 aromatic carbocycles. The van der Waals surface area contributed by atoms with Gasteiger partial charge in [-0.1, -0.05) is 12.8 Å². The average molecular weight is 423 g/mol. The highest BCUT2D eigenvalue weighted by Gasteiger charge is 2.46. The quantitative estimate of drug-likeness (QED) is 0.551. The van der Waals surface area contributed by atoms with Crippen molar-refractivity contribution >= 4 is 17.5 Å². The fourth-order valence-corrected chi connectivity index (χ4v) is 5.36. The van der Waals surface area contributed by atoms with Crippen LogP contribution in [0.4, 0.5) is 18.9 Å². The van der Waals surface area contributed by atoms with Crippen LogP contribution in [0, 0.1) is 22.9 Å². The van der Waals surface area contributed by atoms with Crippen LogP contribution in [-0.2, 0) is 9.59 Å². The second-order valence-corrected chi connectivity index (χ2v) is 9.07. The molecule has 1 unspecified atom stereocenters. The van der Waals surface area contributed by atoms with Crippen molar-refractivity contribution in [3.8, 4) is 0 Å². The Morgan fingerprint density at radius 2 is 1.47 bits per heavy atom. The van der Waals surface area contributed by atoms with Crippen molar-refractivity contribution < 1.29 is 22.8 Å². The number of piperidine rings is 1. The summed E-state index contributed by atoms with van der Waals surface area (Å²) in [5.74, 6) is -3.17. The van der Waals surface area contributed by atoms with E-state index in [2.05, 4.69) is 4.90 Å². The number of likely N-dealkylation sites (tertiary alicyclic amines) is 1. The molecule has 1 aromatic rings. The molecule has 164 valence electrons. The molecule has 1 saturated carbocycles. The number of anilines is 1. The van der Waals surface area contributed by atoms with Gasteiger partial charge in [0.15, 0.2) is 11.6 Å². The van der Waals surface area contributed by atoms with Crippen molar-refractivity contribution in [3.05, 3.63) is 29.6 Å². The molecule has 30 heavy (non-hydrogen) atoms. The topological polar surface area (TPSA) is 43.9 Å². The minimum Gasteiger partial charge on any atom is -0.367 e. The number of hydrogen-bond donors (Lipinski definition) is 0. The molecule has 2 aliphatic heterocycles. The number of piperazine rings is 1. The van der Waals surface area contributed by atoms with E-state index < -0.39 is 17.5 Å². The molecule has 0 aromatic heterocycles. The molecule has 1 aliphatic carbocycles. The first kappa shape index (κ1) is 21.2. The van der Waals surface area contributed by atoms with Crippen molar-refractivity contribution in [2.45, 2.75) is 51.5 Å². The summed E-state index contributed by atoms with van der Waals surface area (Å²) in [5.41, 5.74) is -0.0466. The Morgan fingerprint density at radius 3 is 2.07 bits per heavy atom. The van der Waals surface area contributed by atoms with Gasteiger partial charge >= 0.3 is 0 Å². The Labute approximate surface area is 174 Å². The minimum atomic E-state index is -1.20. The molecule has 3 aliphatic rings. The van der Waals surface area contributed by atoms with Crippen LogP contribution in [0.5, 0.6) is 0 Å². The van der Waals surface area contributed by atoms with Crippen molar-refractivity contribution in [2.24, 2.45) is 5.41 Å². The molecule has 1 atom stereocenters. The van der Waals surface area contributed by atoms with Gasteiger partial charge in [-0.25, -0.2) is 13.2 Å². The Morgan fingerprint density at radius 1 is 0.900 bits per heavy atom. The number of amides is 2. The maximum absolute atomic E-state index is 14.0. The fourth-order valence-electron chi connectivity index (χ4n) is 5.36. The summed E-state index contributed by atoms with van der Waals surface area (Å²) in [6.45, 7) is 4.54. The van der Waals surface area contributed by atoms with E-state index >= 15 is 0 Å². The Balaban J connectivity index is 1.33. The van der Waals surface area contributed by atoms with Gasteiger partial charge in [-0.05, 0) is 25.2 Å². The number of rotatable bonds is 4. The van der Waals surface area contributed by atoms with Crippen molar-refractivity contribution in [1.29, 1.82) is 0 Å². The molecule has 2 heterocycles. The lowest BCUT2D eigenvalue weighted by Gasteiger charge is -2.42. The van der Waals surface area contributed by atoms with Crippen LogP contribution in [0.25, 0.3) is 0 Å². The summed E-state index contributed by atoms with van der Waals surface area (Å²) >= 11 is 0. The number of carbonyl (C=O) groups excluding carboxylic acids is 2. The standard InChI is InChI=1S/C22H28F3N3O2/c1-15(28-20(29)12-22(13-21(28)30)4-2-3-5-22)14-26-6-8-27(9-7-26)19-11-17(24)16(23)10-18(19)25/h10-11,15H,2-9,12-14H2,1H3. The van der Waals surface area contributed by atoms with E-state index in [9.17, 15) is 22.8 Å². The van der Waals surface area contributed by atoms with E-state index in [1.165, 1.54) is 4.90 Å². The highest BCUT2D eigenvalue weighted by atomic mass is 19.2. The second-order valence-electron chi connectivity index (χ2n) is 9.07. The molecule has 2 saturated heterocycles. The third kappa shape index (κ3) is 4.06. The van der Waals surface area contributed by atoms with Gasteiger partial charge in [0.25, 0.3) is 0 Å².